The van der Waals surface area contributed by atoms with Crippen LogP contribution in [-0.2, 0) is 0 Å². The van der Waals surface area contributed by atoms with E-state index in [0.717, 1.165) is 13.1 Å². The molecule has 90 valence electrons. The molecule has 1 amide bonds. The molecule has 2 rings (SSSR count). The fourth-order valence-corrected chi connectivity index (χ4v) is 4.92. The van der Waals surface area contributed by atoms with Crippen molar-refractivity contribution in [2.75, 3.05) is 0 Å². The third-order valence-corrected chi connectivity index (χ3v) is 5.33. The van der Waals surface area contributed by atoms with Gasteiger partial charge in [-0.25, -0.2) is 0 Å². The van der Waals surface area contributed by atoms with Crippen molar-refractivity contribution in [3.05, 3.63) is 41.6 Å². The second-order valence-corrected chi connectivity index (χ2v) is 8.02. The second-order valence-electron chi connectivity index (χ2n) is 3.49. The van der Waals surface area contributed by atoms with E-state index in [1.165, 1.54) is 11.3 Å². The summed E-state index contributed by atoms with van der Waals surface area (Å²) in [7, 11) is 0. The fraction of sp³-hybridized carbons (Fsp3) is 0.182. The zero-order chi connectivity index (χ0) is 12.4. The minimum Gasteiger partial charge on any atom is -0.345 e. The highest BCUT2D eigenvalue weighted by Gasteiger charge is 2.16. The van der Waals surface area contributed by atoms with Gasteiger partial charge in [-0.3, -0.25) is 4.79 Å². The van der Waals surface area contributed by atoms with Crippen LogP contribution in [0.15, 0.2) is 30.5 Å². The molecular weight excluding hydrogens is 386 g/mol. The van der Waals surface area contributed by atoms with E-state index in [1.807, 2.05) is 29.8 Å². The highest BCUT2D eigenvalue weighted by Crippen LogP contribution is 2.32. The molecule has 0 fully saturated rings. The minimum absolute atomic E-state index is 0.0272. The Labute approximate surface area is 124 Å². The van der Waals surface area contributed by atoms with Crippen molar-refractivity contribution in [3.8, 4) is 0 Å². The molecule has 1 unspecified atom stereocenters. The van der Waals surface area contributed by atoms with Gasteiger partial charge in [0, 0.05) is 0 Å². The normalized spacial score (nSPS) is 12.4. The van der Waals surface area contributed by atoms with Crippen LogP contribution in [0.3, 0.4) is 0 Å². The smallest absolute Gasteiger partial charge is 0.253 e. The van der Waals surface area contributed by atoms with Gasteiger partial charge in [0.25, 0.3) is 5.91 Å². The van der Waals surface area contributed by atoms with Crippen LogP contribution in [0.1, 0.15) is 28.9 Å². The van der Waals surface area contributed by atoms with Crippen LogP contribution in [0.2, 0.25) is 0 Å². The summed E-state index contributed by atoms with van der Waals surface area (Å²) < 4.78 is 1.79. The van der Waals surface area contributed by atoms with E-state index in [0.29, 0.717) is 5.56 Å². The maximum absolute atomic E-state index is 12.0. The number of nitrogens with one attached hydrogen (secondary N) is 1. The van der Waals surface area contributed by atoms with E-state index in [2.05, 4.69) is 37.2 Å². The summed E-state index contributed by atoms with van der Waals surface area (Å²) >= 11 is 9.88. The molecular formula is C11H9Br2NOS2. The predicted molar refractivity (Wildman–Crippen MR) is 79.9 cm³/mol. The third kappa shape index (κ3) is 3.19. The molecule has 0 aliphatic heterocycles. The number of thiophene rings is 2. The number of hydrogen-bond donors (Lipinski definition) is 1. The fourth-order valence-electron chi connectivity index (χ4n) is 1.37. The molecule has 2 aromatic heterocycles. The minimum atomic E-state index is -0.0578. The molecule has 0 radical (unpaired) electrons. The zero-order valence-electron chi connectivity index (χ0n) is 8.87. The van der Waals surface area contributed by atoms with Crippen molar-refractivity contribution in [1.29, 1.82) is 0 Å². The van der Waals surface area contributed by atoms with E-state index in [-0.39, 0.29) is 11.9 Å². The molecule has 1 N–H and O–H groups in total. The van der Waals surface area contributed by atoms with Gasteiger partial charge in [-0.2, -0.15) is 11.3 Å². The van der Waals surface area contributed by atoms with Crippen molar-refractivity contribution >= 4 is 60.4 Å². The van der Waals surface area contributed by atoms with Gasteiger partial charge in [0.2, 0.25) is 0 Å². The average Bonchev–Trinajstić information content (AvgIpc) is 2.87. The number of rotatable bonds is 3. The lowest BCUT2D eigenvalue weighted by Crippen LogP contribution is -2.26. The van der Waals surface area contributed by atoms with Gasteiger partial charge in [0.1, 0.15) is 0 Å². The molecule has 0 saturated heterocycles. The average molecular weight is 395 g/mol. The second kappa shape index (κ2) is 5.65. The Balaban J connectivity index is 2.09. The summed E-state index contributed by atoms with van der Waals surface area (Å²) in [6.45, 7) is 1.98. The lowest BCUT2D eigenvalue weighted by molar-refractivity contribution is 0.0939. The van der Waals surface area contributed by atoms with Crippen molar-refractivity contribution in [3.63, 3.8) is 0 Å². The summed E-state index contributed by atoms with van der Waals surface area (Å²) in [5.41, 5.74) is 1.80. The monoisotopic (exact) mass is 393 g/mol. The lowest BCUT2D eigenvalue weighted by atomic mass is 10.2. The topological polar surface area (TPSA) is 29.1 Å². The van der Waals surface area contributed by atoms with Crippen LogP contribution in [0.4, 0.5) is 0 Å². The summed E-state index contributed by atoms with van der Waals surface area (Å²) in [5, 5.41) is 7.03. The number of halogens is 2. The van der Waals surface area contributed by atoms with E-state index in [4.69, 9.17) is 0 Å². The van der Waals surface area contributed by atoms with Gasteiger partial charge in [-0.15, -0.1) is 11.3 Å². The number of hydrogen-bond acceptors (Lipinski definition) is 3. The molecule has 0 bridgehead atoms. The molecule has 0 spiro atoms. The number of carbonyl (C=O) groups excluding carboxylic acids is 1. The first kappa shape index (κ1) is 13.3. The molecule has 6 heteroatoms. The molecule has 0 aliphatic carbocycles. The van der Waals surface area contributed by atoms with Crippen LogP contribution in [0, 0.1) is 0 Å². The van der Waals surface area contributed by atoms with Crippen molar-refractivity contribution in [2.24, 2.45) is 0 Å². The summed E-state index contributed by atoms with van der Waals surface area (Å²) in [4.78, 5) is 12.0. The van der Waals surface area contributed by atoms with Gasteiger partial charge in [0.15, 0.2) is 0 Å². The Kier molecular flexibility index (Phi) is 4.41. The zero-order valence-corrected chi connectivity index (χ0v) is 13.7. The quantitative estimate of drug-likeness (QED) is 0.793. The Morgan fingerprint density at radius 2 is 2.24 bits per heavy atom. The van der Waals surface area contributed by atoms with Gasteiger partial charge in [0.05, 0.1) is 19.2 Å². The molecule has 0 aliphatic rings. The highest BCUT2D eigenvalue weighted by atomic mass is 79.9. The molecule has 2 aromatic rings. The van der Waals surface area contributed by atoms with Crippen molar-refractivity contribution < 1.29 is 4.79 Å². The maximum Gasteiger partial charge on any atom is 0.253 e. The molecule has 0 saturated carbocycles. The Morgan fingerprint density at radius 3 is 2.76 bits per heavy atom. The van der Waals surface area contributed by atoms with Crippen LogP contribution < -0.4 is 5.32 Å². The molecule has 1 atom stereocenters. The first-order valence-corrected chi connectivity index (χ1v) is 8.20. The Bertz CT molecular complexity index is 522. The largest absolute Gasteiger partial charge is 0.345 e. The standard InChI is InChI=1S/C11H9Br2NOS2/c1-6(7-2-3-16-5-7)14-11(15)8-4-9(12)17-10(8)13/h2-6H,1H3,(H,14,15). The van der Waals surface area contributed by atoms with Gasteiger partial charge >= 0.3 is 0 Å². The molecule has 0 aromatic carbocycles. The van der Waals surface area contributed by atoms with Crippen LogP contribution in [0.25, 0.3) is 0 Å². The van der Waals surface area contributed by atoms with Crippen molar-refractivity contribution in [2.45, 2.75) is 13.0 Å². The Hall–Kier alpha value is -0.170. The van der Waals surface area contributed by atoms with E-state index in [9.17, 15) is 4.79 Å². The Morgan fingerprint density at radius 1 is 1.47 bits per heavy atom. The highest BCUT2D eigenvalue weighted by molar-refractivity contribution is 9.12. The SMILES string of the molecule is CC(NC(=O)c1cc(Br)sc1Br)c1ccsc1. The first-order valence-electron chi connectivity index (χ1n) is 4.85. The molecule has 2 heterocycles. The van der Waals surface area contributed by atoms with Crippen LogP contribution in [-0.4, -0.2) is 5.91 Å². The maximum atomic E-state index is 12.0. The predicted octanol–water partition coefficient (Wildman–Crippen LogP) is 4.83. The van der Waals surface area contributed by atoms with Gasteiger partial charge in [-0.05, 0) is 67.2 Å². The molecule has 17 heavy (non-hydrogen) atoms. The van der Waals surface area contributed by atoms with E-state index < -0.39 is 0 Å². The number of carbonyl (C=O) groups is 1. The summed E-state index contributed by atoms with van der Waals surface area (Å²) in [6, 6.07) is 3.87. The van der Waals surface area contributed by atoms with Gasteiger partial charge in [-0.1, -0.05) is 0 Å². The van der Waals surface area contributed by atoms with E-state index in [1.54, 1.807) is 11.3 Å². The summed E-state index contributed by atoms with van der Waals surface area (Å²) in [5.74, 6) is -0.0578. The lowest BCUT2D eigenvalue weighted by Gasteiger charge is -2.11. The number of amides is 1. The van der Waals surface area contributed by atoms with Crippen LogP contribution >= 0.6 is 54.5 Å². The van der Waals surface area contributed by atoms with Crippen LogP contribution in [0.5, 0.6) is 0 Å². The van der Waals surface area contributed by atoms with Crippen molar-refractivity contribution in [1.82, 2.24) is 5.32 Å². The first-order chi connectivity index (χ1) is 8.08. The third-order valence-electron chi connectivity index (χ3n) is 2.29. The van der Waals surface area contributed by atoms with E-state index >= 15 is 0 Å². The summed E-state index contributed by atoms with van der Waals surface area (Å²) in [6.07, 6.45) is 0. The molecule has 2 nitrogen and oxygen atoms in total. The van der Waals surface area contributed by atoms with Gasteiger partial charge < -0.3 is 5.32 Å².